The first-order chi connectivity index (χ1) is 14.0. The standard InChI is InChI=1S/C23H23N3O2S/c1-3-21(27)25-23(29)24-18-14-12-17(13-15-18)22(28)26(4-2)20-11-7-9-16-8-5-6-10-19(16)20/h5-15H,3-4H2,1-2H3,(H2,24,25,27,29). The minimum Gasteiger partial charge on any atom is -0.332 e. The van der Waals surface area contributed by atoms with Crippen LogP contribution in [0.4, 0.5) is 11.4 Å². The van der Waals surface area contributed by atoms with Gasteiger partial charge in [0.25, 0.3) is 5.91 Å². The number of nitrogens with zero attached hydrogens (tertiary/aromatic N) is 1. The maximum Gasteiger partial charge on any atom is 0.258 e. The highest BCUT2D eigenvalue weighted by Gasteiger charge is 2.18. The fourth-order valence-electron chi connectivity index (χ4n) is 3.10. The Balaban J connectivity index is 1.80. The molecule has 0 atom stereocenters. The first-order valence-corrected chi connectivity index (χ1v) is 9.94. The van der Waals surface area contributed by atoms with E-state index in [9.17, 15) is 9.59 Å². The zero-order valence-electron chi connectivity index (χ0n) is 16.4. The quantitative estimate of drug-likeness (QED) is 0.603. The number of nitrogens with one attached hydrogen (secondary N) is 2. The average Bonchev–Trinajstić information content (AvgIpc) is 2.74. The maximum atomic E-state index is 13.2. The second-order valence-electron chi connectivity index (χ2n) is 6.48. The normalized spacial score (nSPS) is 10.4. The van der Waals surface area contributed by atoms with E-state index in [-0.39, 0.29) is 16.9 Å². The molecule has 0 spiro atoms. The number of carbonyl (C=O) groups is 2. The van der Waals surface area contributed by atoms with Crippen LogP contribution >= 0.6 is 12.2 Å². The minimum atomic E-state index is -0.150. The zero-order chi connectivity index (χ0) is 20.8. The monoisotopic (exact) mass is 405 g/mol. The fourth-order valence-corrected chi connectivity index (χ4v) is 3.33. The number of hydrogen-bond donors (Lipinski definition) is 2. The van der Waals surface area contributed by atoms with Crippen molar-refractivity contribution in [1.29, 1.82) is 0 Å². The van der Waals surface area contributed by atoms with Gasteiger partial charge < -0.3 is 15.5 Å². The van der Waals surface area contributed by atoms with E-state index in [4.69, 9.17) is 12.2 Å². The van der Waals surface area contributed by atoms with Crippen LogP contribution in [0.5, 0.6) is 0 Å². The largest absolute Gasteiger partial charge is 0.332 e. The van der Waals surface area contributed by atoms with Crippen LogP contribution in [0.2, 0.25) is 0 Å². The Labute approximate surface area is 175 Å². The van der Waals surface area contributed by atoms with Gasteiger partial charge >= 0.3 is 0 Å². The molecule has 0 bridgehead atoms. The van der Waals surface area contributed by atoms with Crippen LogP contribution < -0.4 is 15.5 Å². The lowest BCUT2D eigenvalue weighted by molar-refractivity contribution is -0.119. The summed E-state index contributed by atoms with van der Waals surface area (Å²) >= 11 is 5.11. The molecule has 0 aromatic heterocycles. The van der Waals surface area contributed by atoms with Crippen LogP contribution in [0.3, 0.4) is 0 Å². The molecular weight excluding hydrogens is 382 g/mol. The summed E-state index contributed by atoms with van der Waals surface area (Å²) in [6, 6.07) is 21.1. The number of thiocarbonyl (C=S) groups is 1. The molecule has 0 aliphatic rings. The van der Waals surface area contributed by atoms with Gasteiger partial charge in [0, 0.05) is 29.6 Å². The van der Waals surface area contributed by atoms with E-state index in [0.29, 0.717) is 24.2 Å². The molecule has 29 heavy (non-hydrogen) atoms. The lowest BCUT2D eigenvalue weighted by atomic mass is 10.1. The van der Waals surface area contributed by atoms with Crippen molar-refractivity contribution in [3.05, 3.63) is 72.3 Å². The number of fused-ring (bicyclic) bond motifs is 1. The van der Waals surface area contributed by atoms with Crippen molar-refractivity contribution in [2.75, 3.05) is 16.8 Å². The van der Waals surface area contributed by atoms with Crippen LogP contribution in [-0.2, 0) is 4.79 Å². The second-order valence-corrected chi connectivity index (χ2v) is 6.89. The Hall–Kier alpha value is -3.25. The van der Waals surface area contributed by atoms with Crippen molar-refractivity contribution >= 4 is 51.3 Å². The number of anilines is 2. The van der Waals surface area contributed by atoms with Crippen LogP contribution in [0.1, 0.15) is 30.6 Å². The molecule has 3 aromatic carbocycles. The topological polar surface area (TPSA) is 61.4 Å². The summed E-state index contributed by atoms with van der Waals surface area (Å²) in [5.74, 6) is -0.222. The van der Waals surface area contributed by atoms with Crippen molar-refractivity contribution in [2.24, 2.45) is 0 Å². The molecular formula is C23H23N3O2S. The molecule has 0 radical (unpaired) electrons. The first kappa shape index (κ1) is 20.5. The highest BCUT2D eigenvalue weighted by Crippen LogP contribution is 2.28. The van der Waals surface area contributed by atoms with E-state index >= 15 is 0 Å². The molecule has 0 saturated heterocycles. The molecule has 0 aliphatic carbocycles. The summed E-state index contributed by atoms with van der Waals surface area (Å²) in [7, 11) is 0. The van der Waals surface area contributed by atoms with Crippen molar-refractivity contribution < 1.29 is 9.59 Å². The highest BCUT2D eigenvalue weighted by molar-refractivity contribution is 7.80. The van der Waals surface area contributed by atoms with Crippen molar-refractivity contribution in [3.63, 3.8) is 0 Å². The van der Waals surface area contributed by atoms with E-state index < -0.39 is 0 Å². The Kier molecular flexibility index (Phi) is 6.57. The number of amides is 2. The molecule has 2 amide bonds. The van der Waals surface area contributed by atoms with E-state index in [2.05, 4.69) is 10.6 Å². The molecule has 0 aliphatic heterocycles. The predicted octanol–water partition coefficient (Wildman–Crippen LogP) is 4.73. The van der Waals surface area contributed by atoms with Gasteiger partial charge in [-0.25, -0.2) is 0 Å². The minimum absolute atomic E-state index is 0.0720. The summed E-state index contributed by atoms with van der Waals surface area (Å²) in [6.45, 7) is 4.28. The van der Waals surface area contributed by atoms with Crippen LogP contribution in [0, 0.1) is 0 Å². The molecule has 0 fully saturated rings. The van der Waals surface area contributed by atoms with Crippen LogP contribution in [0.15, 0.2) is 66.7 Å². The van der Waals surface area contributed by atoms with Gasteiger partial charge in [0.1, 0.15) is 0 Å². The smallest absolute Gasteiger partial charge is 0.258 e. The number of benzene rings is 3. The number of hydrogen-bond acceptors (Lipinski definition) is 3. The lowest BCUT2D eigenvalue weighted by Gasteiger charge is -2.23. The zero-order valence-corrected chi connectivity index (χ0v) is 17.3. The van der Waals surface area contributed by atoms with Gasteiger partial charge in [0.15, 0.2) is 5.11 Å². The molecule has 5 nitrogen and oxygen atoms in total. The first-order valence-electron chi connectivity index (χ1n) is 9.54. The van der Waals surface area contributed by atoms with Gasteiger partial charge in [-0.15, -0.1) is 0 Å². The van der Waals surface area contributed by atoms with Crippen molar-refractivity contribution in [3.8, 4) is 0 Å². The maximum absolute atomic E-state index is 13.2. The molecule has 0 unspecified atom stereocenters. The Bertz CT molecular complexity index is 1040. The second kappa shape index (κ2) is 9.30. The molecule has 2 N–H and O–H groups in total. The summed E-state index contributed by atoms with van der Waals surface area (Å²) in [5, 5.41) is 7.91. The van der Waals surface area contributed by atoms with E-state index in [1.807, 2.05) is 49.4 Å². The molecule has 0 saturated carbocycles. The van der Waals surface area contributed by atoms with Gasteiger partial charge in [-0.1, -0.05) is 43.3 Å². The third-order valence-electron chi connectivity index (χ3n) is 4.58. The molecule has 148 valence electrons. The van der Waals surface area contributed by atoms with Crippen molar-refractivity contribution in [2.45, 2.75) is 20.3 Å². The molecule has 0 heterocycles. The predicted molar refractivity (Wildman–Crippen MR) is 122 cm³/mol. The molecule has 6 heteroatoms. The van der Waals surface area contributed by atoms with E-state index in [1.165, 1.54) is 0 Å². The summed E-state index contributed by atoms with van der Waals surface area (Å²) < 4.78 is 0. The van der Waals surface area contributed by atoms with Crippen LogP contribution in [-0.4, -0.2) is 23.5 Å². The van der Waals surface area contributed by atoms with Gasteiger partial charge in [0.05, 0.1) is 5.69 Å². The number of carbonyl (C=O) groups excluding carboxylic acids is 2. The lowest BCUT2D eigenvalue weighted by Crippen LogP contribution is -2.33. The SMILES string of the molecule is CCC(=O)NC(=S)Nc1ccc(C(=O)N(CC)c2cccc3ccccc23)cc1. The fraction of sp³-hybridized carbons (Fsp3) is 0.174. The molecule has 3 aromatic rings. The van der Waals surface area contributed by atoms with Gasteiger partial charge in [-0.3, -0.25) is 9.59 Å². The summed E-state index contributed by atoms with van der Waals surface area (Å²) in [6.07, 6.45) is 0.357. The van der Waals surface area contributed by atoms with Gasteiger partial charge in [0.2, 0.25) is 5.91 Å². The van der Waals surface area contributed by atoms with E-state index in [0.717, 1.165) is 16.5 Å². The number of rotatable bonds is 5. The summed E-state index contributed by atoms with van der Waals surface area (Å²) in [5.41, 5.74) is 2.17. The Morgan fingerprint density at radius 1 is 0.931 bits per heavy atom. The van der Waals surface area contributed by atoms with Gasteiger partial charge in [-0.2, -0.15) is 0 Å². The van der Waals surface area contributed by atoms with Crippen molar-refractivity contribution in [1.82, 2.24) is 5.32 Å². The van der Waals surface area contributed by atoms with E-state index in [1.54, 1.807) is 36.1 Å². The van der Waals surface area contributed by atoms with Gasteiger partial charge in [-0.05, 0) is 54.9 Å². The highest BCUT2D eigenvalue weighted by atomic mass is 32.1. The Morgan fingerprint density at radius 3 is 2.31 bits per heavy atom. The summed E-state index contributed by atoms with van der Waals surface area (Å²) in [4.78, 5) is 26.3. The molecule has 3 rings (SSSR count). The third-order valence-corrected chi connectivity index (χ3v) is 4.79. The third kappa shape index (κ3) is 4.78. The Morgan fingerprint density at radius 2 is 1.62 bits per heavy atom. The van der Waals surface area contributed by atoms with Crippen LogP contribution in [0.25, 0.3) is 10.8 Å². The average molecular weight is 406 g/mol.